The lowest BCUT2D eigenvalue weighted by Crippen LogP contribution is -2.29. The number of aromatic nitrogens is 3. The van der Waals surface area contributed by atoms with Crippen molar-refractivity contribution < 1.29 is 23.6 Å². The van der Waals surface area contributed by atoms with Crippen molar-refractivity contribution in [1.29, 1.82) is 0 Å². The first-order chi connectivity index (χ1) is 12.9. The lowest BCUT2D eigenvalue weighted by Gasteiger charge is -2.23. The number of hydrogen-bond acceptors (Lipinski definition) is 6. The predicted octanol–water partition coefficient (Wildman–Crippen LogP) is 2.48. The molecule has 0 aliphatic heterocycles. The van der Waals surface area contributed by atoms with Crippen molar-refractivity contribution in [2.45, 2.75) is 39.0 Å². The van der Waals surface area contributed by atoms with Crippen LogP contribution in [-0.4, -0.2) is 32.1 Å². The quantitative estimate of drug-likeness (QED) is 0.797. The van der Waals surface area contributed by atoms with Gasteiger partial charge in [0, 0.05) is 18.5 Å². The number of nitrogens with zero attached hydrogens (tertiary/aromatic N) is 3. The Morgan fingerprint density at radius 1 is 1.41 bits per heavy atom. The first-order valence-corrected chi connectivity index (χ1v) is 8.62. The van der Waals surface area contributed by atoms with Crippen LogP contribution in [0.15, 0.2) is 34.1 Å². The predicted molar refractivity (Wildman–Crippen MR) is 91.6 cm³/mol. The van der Waals surface area contributed by atoms with Gasteiger partial charge in [0.15, 0.2) is 0 Å². The van der Waals surface area contributed by atoms with Crippen LogP contribution in [0.1, 0.15) is 38.5 Å². The van der Waals surface area contributed by atoms with E-state index >= 15 is 0 Å². The third-order valence-corrected chi connectivity index (χ3v) is 4.34. The minimum Gasteiger partial charge on any atom is -0.478 e. The number of halogens is 1. The van der Waals surface area contributed by atoms with Crippen LogP contribution in [0, 0.1) is 11.7 Å². The zero-order valence-electron chi connectivity index (χ0n) is 14.7. The van der Waals surface area contributed by atoms with Crippen molar-refractivity contribution >= 4 is 11.9 Å². The van der Waals surface area contributed by atoms with Crippen LogP contribution in [0.3, 0.4) is 0 Å². The van der Waals surface area contributed by atoms with Gasteiger partial charge in [-0.05, 0) is 37.3 Å². The molecule has 0 bridgehead atoms. The fraction of sp³-hybridized carbons (Fsp3) is 0.389. The number of rotatable bonds is 6. The van der Waals surface area contributed by atoms with Crippen molar-refractivity contribution in [3.05, 3.63) is 41.3 Å². The first-order valence-electron chi connectivity index (χ1n) is 8.62. The molecular weight excluding hydrogens is 355 g/mol. The number of amides is 1. The zero-order chi connectivity index (χ0) is 19.4. The maximum Gasteiger partial charge on any atom is 0.333 e. The highest BCUT2D eigenvalue weighted by atomic mass is 19.1. The zero-order valence-corrected chi connectivity index (χ0v) is 14.7. The number of pyridine rings is 1. The van der Waals surface area contributed by atoms with Gasteiger partial charge < -0.3 is 14.9 Å². The lowest BCUT2D eigenvalue weighted by atomic mass is 9.88. The van der Waals surface area contributed by atoms with E-state index in [4.69, 9.17) is 4.52 Å². The fourth-order valence-electron chi connectivity index (χ4n) is 2.90. The highest BCUT2D eigenvalue weighted by Crippen LogP contribution is 2.28. The van der Waals surface area contributed by atoms with E-state index in [1.54, 1.807) is 0 Å². The van der Waals surface area contributed by atoms with Crippen LogP contribution in [-0.2, 0) is 16.0 Å². The molecule has 8 nitrogen and oxygen atoms in total. The van der Waals surface area contributed by atoms with E-state index in [9.17, 15) is 19.1 Å². The highest BCUT2D eigenvalue weighted by Gasteiger charge is 2.24. The van der Waals surface area contributed by atoms with Crippen LogP contribution < -0.4 is 5.32 Å². The van der Waals surface area contributed by atoms with Crippen LogP contribution in [0.2, 0.25) is 0 Å². The van der Waals surface area contributed by atoms with Crippen LogP contribution >= 0.6 is 0 Å². The van der Waals surface area contributed by atoms with Crippen LogP contribution in [0.5, 0.6) is 0 Å². The minimum absolute atomic E-state index is 0.0727. The van der Waals surface area contributed by atoms with Crippen LogP contribution in [0.4, 0.5) is 4.39 Å². The summed E-state index contributed by atoms with van der Waals surface area (Å²) in [6.45, 7) is 2.02. The summed E-state index contributed by atoms with van der Waals surface area (Å²) in [6, 6.07) is 2.67. The molecule has 0 spiro atoms. The number of carbonyl (C=O) groups is 2. The second kappa shape index (κ2) is 8.07. The molecule has 0 saturated carbocycles. The number of carbonyl (C=O) groups excluding carboxylic acids is 1. The number of nitrogens with one attached hydrogen (secondary N) is 1. The van der Waals surface area contributed by atoms with E-state index in [0.29, 0.717) is 30.2 Å². The molecule has 1 aliphatic carbocycles. The van der Waals surface area contributed by atoms with Crippen molar-refractivity contribution in [2.75, 3.05) is 0 Å². The van der Waals surface area contributed by atoms with Gasteiger partial charge in [0.25, 0.3) is 0 Å². The monoisotopic (exact) mass is 374 g/mol. The summed E-state index contributed by atoms with van der Waals surface area (Å²) in [4.78, 5) is 31.5. The molecule has 0 saturated heterocycles. The summed E-state index contributed by atoms with van der Waals surface area (Å²) in [5.41, 5.74) is 1.11. The second-order valence-corrected chi connectivity index (χ2v) is 6.53. The fourth-order valence-corrected chi connectivity index (χ4v) is 2.90. The molecule has 3 rings (SSSR count). The summed E-state index contributed by atoms with van der Waals surface area (Å²) < 4.78 is 18.0. The maximum atomic E-state index is 12.9. The average molecular weight is 374 g/mol. The number of allylic oxidation sites excluding steroid dienone is 1. The van der Waals surface area contributed by atoms with E-state index in [-0.39, 0.29) is 36.0 Å². The van der Waals surface area contributed by atoms with Crippen molar-refractivity contribution in [3.63, 3.8) is 0 Å². The Morgan fingerprint density at radius 2 is 2.22 bits per heavy atom. The molecule has 142 valence electrons. The largest absolute Gasteiger partial charge is 0.478 e. The molecule has 1 amide bonds. The van der Waals surface area contributed by atoms with Gasteiger partial charge in [-0.25, -0.2) is 14.2 Å². The van der Waals surface area contributed by atoms with Gasteiger partial charge in [-0.15, -0.1) is 0 Å². The van der Waals surface area contributed by atoms with E-state index in [0.717, 1.165) is 12.6 Å². The van der Waals surface area contributed by atoms with Crippen molar-refractivity contribution in [1.82, 2.24) is 20.4 Å². The summed E-state index contributed by atoms with van der Waals surface area (Å²) >= 11 is 0. The molecule has 0 fully saturated rings. The molecule has 2 aromatic rings. The number of hydrogen-bond donors (Lipinski definition) is 2. The smallest absolute Gasteiger partial charge is 0.333 e. The lowest BCUT2D eigenvalue weighted by molar-refractivity contribution is -0.133. The molecule has 2 aromatic heterocycles. The van der Waals surface area contributed by atoms with E-state index in [2.05, 4.69) is 20.4 Å². The Morgan fingerprint density at radius 3 is 2.93 bits per heavy atom. The van der Waals surface area contributed by atoms with Gasteiger partial charge in [0.1, 0.15) is 11.5 Å². The van der Waals surface area contributed by atoms with Crippen LogP contribution in [0.25, 0.3) is 11.5 Å². The van der Waals surface area contributed by atoms with Gasteiger partial charge in [-0.2, -0.15) is 4.98 Å². The third-order valence-electron chi connectivity index (χ3n) is 4.34. The molecular formula is C18H19FN4O4. The third kappa shape index (κ3) is 4.75. The maximum absolute atomic E-state index is 12.9. The molecule has 27 heavy (non-hydrogen) atoms. The Labute approximate surface area is 154 Å². The van der Waals surface area contributed by atoms with Gasteiger partial charge in [-0.3, -0.25) is 4.79 Å². The molecule has 9 heteroatoms. The molecule has 2 N–H and O–H groups in total. The molecule has 1 unspecified atom stereocenters. The first kappa shape index (κ1) is 18.7. The second-order valence-electron chi connectivity index (χ2n) is 6.53. The molecule has 2 heterocycles. The molecule has 1 aliphatic rings. The topological polar surface area (TPSA) is 118 Å². The number of aliphatic carboxylic acids is 1. The van der Waals surface area contributed by atoms with Crippen molar-refractivity contribution in [3.8, 4) is 11.5 Å². The summed E-state index contributed by atoms with van der Waals surface area (Å²) in [5, 5.41) is 15.7. The normalized spacial score (nSPS) is 17.0. The van der Waals surface area contributed by atoms with Gasteiger partial charge in [0.05, 0.1) is 11.8 Å². The highest BCUT2D eigenvalue weighted by molar-refractivity contribution is 5.89. The summed E-state index contributed by atoms with van der Waals surface area (Å²) in [6.07, 6.45) is 3.10. The summed E-state index contributed by atoms with van der Waals surface area (Å²) in [7, 11) is 0. The Bertz CT molecular complexity index is 876. The number of carboxylic acids is 1. The molecule has 1 atom stereocenters. The summed E-state index contributed by atoms with van der Waals surface area (Å²) in [5.74, 6) is -0.988. The Hall–Kier alpha value is -3.10. The SMILES string of the molecule is CC1CCC(C(=O)O)=C(NC(=O)CCc2nc(-c3ccc(F)cn3)no2)C1. The van der Waals surface area contributed by atoms with E-state index in [1.165, 1.54) is 12.1 Å². The van der Waals surface area contributed by atoms with E-state index in [1.807, 2.05) is 6.92 Å². The Balaban J connectivity index is 1.59. The van der Waals surface area contributed by atoms with Crippen molar-refractivity contribution in [2.24, 2.45) is 5.92 Å². The van der Waals surface area contributed by atoms with Gasteiger partial charge >= 0.3 is 5.97 Å². The Kier molecular flexibility index (Phi) is 5.58. The van der Waals surface area contributed by atoms with Gasteiger partial charge in [-0.1, -0.05) is 12.1 Å². The number of aryl methyl sites for hydroxylation is 1. The number of carboxylic acid groups (broad SMARTS) is 1. The minimum atomic E-state index is -0.995. The van der Waals surface area contributed by atoms with Gasteiger partial charge in [0.2, 0.25) is 17.6 Å². The van der Waals surface area contributed by atoms with E-state index < -0.39 is 11.8 Å². The average Bonchev–Trinajstić information content (AvgIpc) is 3.09. The molecule has 0 aromatic carbocycles. The molecule has 0 radical (unpaired) electrons. The standard InChI is InChI=1S/C18H19FN4O4/c1-10-2-4-12(18(25)26)14(8-10)21-15(24)6-7-16-22-17(23-27-16)13-5-3-11(19)9-20-13/h3,5,9-10H,2,4,6-8H2,1H3,(H,21,24)(H,25,26).